The van der Waals surface area contributed by atoms with Crippen molar-refractivity contribution in [1.29, 1.82) is 0 Å². The van der Waals surface area contributed by atoms with Crippen molar-refractivity contribution in [2.24, 2.45) is 23.0 Å². The number of carboxylic acid groups (broad SMARTS) is 2. The van der Waals surface area contributed by atoms with E-state index in [0.29, 0.717) is 23.5 Å². The molecule has 0 radical (unpaired) electrons. The second kappa shape index (κ2) is 12.3. The molecule has 8 N–H and O–H groups in total. The van der Waals surface area contributed by atoms with Crippen LogP contribution in [-0.2, 0) is 30.4 Å². The minimum absolute atomic E-state index is 0.0584. The maximum absolute atomic E-state index is 12.8. The van der Waals surface area contributed by atoms with Crippen LogP contribution in [0.2, 0.25) is 0 Å². The number of phenols is 2. The first-order valence-corrected chi connectivity index (χ1v) is 14.8. The molecule has 3 aliphatic carbocycles. The van der Waals surface area contributed by atoms with E-state index in [4.69, 9.17) is 15.9 Å². The maximum Gasteiger partial charge on any atom is 0.322 e. The molecule has 12 nitrogen and oxygen atoms in total. The Morgan fingerprint density at radius 3 is 2.56 bits per heavy atom. The number of carbonyl (C=O) groups excluding carboxylic acids is 3. The summed E-state index contributed by atoms with van der Waals surface area (Å²) in [5.74, 6) is -3.81. The lowest BCUT2D eigenvalue weighted by molar-refractivity contribution is -0.139. The molecule has 41 heavy (non-hydrogen) atoms. The number of nitrogens with two attached hydrogens (primary N) is 1. The number of nitrogens with one attached hydrogen (secondary N) is 2. The topological polar surface area (TPSA) is 216 Å². The Labute approximate surface area is 241 Å². The number of phenolic OH excluding ortho intramolecular Hbond substituents is 2. The van der Waals surface area contributed by atoms with E-state index in [9.17, 15) is 34.2 Å². The van der Waals surface area contributed by atoms with Crippen LogP contribution >= 0.6 is 11.8 Å². The number of thioether (sulfide) groups is 1. The van der Waals surface area contributed by atoms with Crippen molar-refractivity contribution < 1.29 is 44.4 Å². The Balaban J connectivity index is 1.57. The molecule has 0 bridgehead atoms. The summed E-state index contributed by atoms with van der Waals surface area (Å²) < 4.78 is 0. The van der Waals surface area contributed by atoms with E-state index in [2.05, 4.69) is 17.6 Å². The Kier molecular flexibility index (Phi) is 9.17. The molecular weight excluding hydrogens is 554 g/mol. The number of benzene rings is 1. The number of Topliss-reactive ketones (excluding diaryl/α,β-unsaturated/α-hetero) is 1. The van der Waals surface area contributed by atoms with Crippen molar-refractivity contribution in [3.63, 3.8) is 0 Å². The van der Waals surface area contributed by atoms with Crippen molar-refractivity contribution in [3.8, 4) is 11.5 Å². The molecule has 2 saturated carbocycles. The van der Waals surface area contributed by atoms with Gasteiger partial charge in [-0.3, -0.25) is 24.0 Å². The fraction of sp³-hybridized carbons (Fsp3) is 0.607. The van der Waals surface area contributed by atoms with Gasteiger partial charge in [0.1, 0.15) is 24.4 Å². The largest absolute Gasteiger partial charge is 0.504 e. The van der Waals surface area contributed by atoms with Crippen LogP contribution in [0.25, 0.3) is 0 Å². The molecule has 3 aliphatic rings. The van der Waals surface area contributed by atoms with Crippen LogP contribution in [0, 0.1) is 17.3 Å². The van der Waals surface area contributed by atoms with E-state index in [1.165, 1.54) is 0 Å². The number of hydrogen-bond acceptors (Lipinski definition) is 9. The highest BCUT2D eigenvalue weighted by Gasteiger charge is 2.55. The van der Waals surface area contributed by atoms with E-state index >= 15 is 0 Å². The quantitative estimate of drug-likeness (QED) is 0.144. The van der Waals surface area contributed by atoms with Crippen LogP contribution in [0.1, 0.15) is 68.9 Å². The molecular formula is C28H37N3O9S. The zero-order valence-corrected chi connectivity index (χ0v) is 23.7. The van der Waals surface area contributed by atoms with E-state index in [1.807, 2.05) is 0 Å². The number of aromatic hydroxyl groups is 2. The molecule has 2 fully saturated rings. The van der Waals surface area contributed by atoms with Gasteiger partial charge in [-0.1, -0.05) is 6.92 Å². The molecule has 4 rings (SSSR count). The molecule has 1 aromatic rings. The van der Waals surface area contributed by atoms with Gasteiger partial charge in [0.05, 0.1) is 4.90 Å². The number of ketones is 1. The van der Waals surface area contributed by atoms with E-state index < -0.39 is 42.4 Å². The number of aliphatic carboxylic acids is 2. The summed E-state index contributed by atoms with van der Waals surface area (Å²) in [6, 6.07) is -0.902. The van der Waals surface area contributed by atoms with Gasteiger partial charge in [0.15, 0.2) is 11.5 Å². The summed E-state index contributed by atoms with van der Waals surface area (Å²) >= 11 is 1.08. The molecule has 0 unspecified atom stereocenters. The monoisotopic (exact) mass is 591 g/mol. The molecule has 0 spiro atoms. The predicted octanol–water partition coefficient (Wildman–Crippen LogP) is 1.49. The molecule has 0 aliphatic heterocycles. The molecule has 0 heterocycles. The van der Waals surface area contributed by atoms with E-state index in [1.54, 1.807) is 6.07 Å². The van der Waals surface area contributed by atoms with Gasteiger partial charge >= 0.3 is 11.9 Å². The summed E-state index contributed by atoms with van der Waals surface area (Å²) in [5.41, 5.74) is 6.92. The van der Waals surface area contributed by atoms with E-state index in [-0.39, 0.29) is 53.3 Å². The number of aryl methyl sites for hydroxylation is 1. The third kappa shape index (κ3) is 6.30. The third-order valence-corrected chi connectivity index (χ3v) is 10.3. The minimum Gasteiger partial charge on any atom is -0.504 e. The number of carboxylic acids is 2. The van der Waals surface area contributed by atoms with Crippen LogP contribution in [0.3, 0.4) is 0 Å². The lowest BCUT2D eigenvalue weighted by Gasteiger charge is -2.48. The van der Waals surface area contributed by atoms with Gasteiger partial charge in [0.2, 0.25) is 11.8 Å². The average Bonchev–Trinajstić information content (AvgIpc) is 3.23. The van der Waals surface area contributed by atoms with Gasteiger partial charge in [-0.25, -0.2) is 0 Å². The van der Waals surface area contributed by atoms with Crippen molar-refractivity contribution in [3.05, 3.63) is 17.2 Å². The maximum atomic E-state index is 12.8. The second-order valence-corrected chi connectivity index (χ2v) is 12.5. The first-order chi connectivity index (χ1) is 19.3. The van der Waals surface area contributed by atoms with Crippen LogP contribution < -0.4 is 16.4 Å². The normalized spacial score (nSPS) is 26.2. The van der Waals surface area contributed by atoms with Crippen molar-refractivity contribution in [1.82, 2.24) is 10.6 Å². The molecule has 1 aromatic carbocycles. The molecule has 13 heteroatoms. The van der Waals surface area contributed by atoms with Crippen LogP contribution in [0.15, 0.2) is 11.0 Å². The highest BCUT2D eigenvalue weighted by molar-refractivity contribution is 7.99. The number of amides is 2. The SMILES string of the molecule is C[C@]12CC[C@@H]3c4c(cc(O)c(O)c4SC[C@@H](NC(=O)CC[C@H](N)C(=O)O)C(=O)NCC(=O)O)CC[C@H]3[C@@H]1CCC2=O. The van der Waals surface area contributed by atoms with Gasteiger partial charge in [0.25, 0.3) is 0 Å². The Hall–Kier alpha value is -3.32. The third-order valence-electron chi connectivity index (χ3n) is 9.08. The predicted molar refractivity (Wildman–Crippen MR) is 148 cm³/mol. The van der Waals surface area contributed by atoms with Crippen molar-refractivity contribution in [2.45, 2.75) is 81.2 Å². The smallest absolute Gasteiger partial charge is 0.322 e. The summed E-state index contributed by atoms with van der Waals surface area (Å²) in [4.78, 5) is 60.5. The number of carbonyl (C=O) groups is 5. The first kappa shape index (κ1) is 30.6. The van der Waals surface area contributed by atoms with Gasteiger partial charge in [-0.05, 0) is 73.5 Å². The van der Waals surface area contributed by atoms with Gasteiger partial charge in [-0.2, -0.15) is 0 Å². The van der Waals surface area contributed by atoms with Crippen LogP contribution in [-0.4, -0.2) is 74.3 Å². The Bertz CT molecular complexity index is 1250. The van der Waals surface area contributed by atoms with Crippen molar-refractivity contribution in [2.75, 3.05) is 12.3 Å². The number of fused-ring (bicyclic) bond motifs is 5. The molecule has 0 saturated heterocycles. The number of hydrogen-bond donors (Lipinski definition) is 7. The zero-order chi connectivity index (χ0) is 30.1. The molecule has 6 atom stereocenters. The highest BCUT2D eigenvalue weighted by Crippen LogP contribution is 2.61. The summed E-state index contributed by atoms with van der Waals surface area (Å²) in [6.07, 6.45) is 4.00. The summed E-state index contributed by atoms with van der Waals surface area (Å²) in [6.45, 7) is 1.39. The van der Waals surface area contributed by atoms with Crippen LogP contribution in [0.4, 0.5) is 0 Å². The van der Waals surface area contributed by atoms with Crippen LogP contribution in [0.5, 0.6) is 11.5 Å². The molecule has 2 amide bonds. The lowest BCUT2D eigenvalue weighted by Crippen LogP contribution is -2.49. The van der Waals surface area contributed by atoms with Gasteiger partial charge < -0.3 is 36.8 Å². The standard InChI is InChI=1S/C28H37N3O9S/c1-28-9-8-15-14(16(28)4-6-20(28)33)3-2-13-10-19(32)24(37)25(23(13)15)41-12-18(26(38)30-11-22(35)36)31-21(34)7-5-17(29)27(39)40/h10,14-18,32,37H,2-9,11-12,29H2,1H3,(H,30,38)(H,31,34)(H,35,36)(H,39,40)/t14-,15+,16+,17+,18-,28+/m1/s1. The Morgan fingerprint density at radius 1 is 1.15 bits per heavy atom. The van der Waals surface area contributed by atoms with E-state index in [0.717, 1.165) is 48.6 Å². The summed E-state index contributed by atoms with van der Waals surface area (Å²) in [7, 11) is 0. The zero-order valence-electron chi connectivity index (χ0n) is 22.9. The first-order valence-electron chi connectivity index (χ1n) is 13.8. The minimum atomic E-state index is -1.27. The lowest BCUT2D eigenvalue weighted by atomic mass is 9.55. The highest BCUT2D eigenvalue weighted by atomic mass is 32.2. The van der Waals surface area contributed by atoms with Gasteiger partial charge in [-0.15, -0.1) is 11.8 Å². The average molecular weight is 592 g/mol. The van der Waals surface area contributed by atoms with Gasteiger partial charge in [0, 0.05) is 24.0 Å². The molecule has 0 aromatic heterocycles. The Morgan fingerprint density at radius 2 is 1.88 bits per heavy atom. The van der Waals surface area contributed by atoms with Crippen molar-refractivity contribution >= 4 is 41.3 Å². The fourth-order valence-electron chi connectivity index (χ4n) is 6.91. The summed E-state index contributed by atoms with van der Waals surface area (Å²) in [5, 5.41) is 44.2. The second-order valence-electron chi connectivity index (χ2n) is 11.5. The number of rotatable bonds is 11. The molecule has 224 valence electrons. The fourth-order valence-corrected chi connectivity index (χ4v) is 8.16.